The summed E-state index contributed by atoms with van der Waals surface area (Å²) in [5.74, 6) is -0.479. The molecular weight excluding hydrogens is 548 g/mol. The Hall–Kier alpha value is -2.20. The molecule has 0 spiro atoms. The molecule has 2 aromatic heterocycles. The van der Waals surface area contributed by atoms with Crippen LogP contribution in [0.5, 0.6) is 5.75 Å². The second kappa shape index (κ2) is 9.97. The Kier molecular flexibility index (Phi) is 7.23. The summed E-state index contributed by atoms with van der Waals surface area (Å²) in [6.07, 6.45) is 2.97. The lowest BCUT2D eigenvalue weighted by Gasteiger charge is -2.24. The topological polar surface area (TPSA) is 80.9 Å². The number of thiazole rings is 1. The lowest BCUT2D eigenvalue weighted by atomic mass is 9.99. The molecule has 4 rings (SSSR count). The maximum Gasteiger partial charge on any atom is 0.338 e. The first-order chi connectivity index (χ1) is 15.8. The SMILES string of the molecule is CCCC1=C(C(=O)OCC)[C@H](c2cccs2)n2c(s/c(=C\c3cc(Cl)cc(Br)c3O)c2=O)=N1. The normalized spacial score (nSPS) is 16.0. The lowest BCUT2D eigenvalue weighted by molar-refractivity contribution is -0.139. The van der Waals surface area contributed by atoms with E-state index in [-0.39, 0.29) is 17.9 Å². The van der Waals surface area contributed by atoms with E-state index < -0.39 is 12.0 Å². The number of hydrogen-bond acceptors (Lipinski definition) is 7. The van der Waals surface area contributed by atoms with E-state index in [0.717, 1.165) is 11.3 Å². The summed E-state index contributed by atoms with van der Waals surface area (Å²) >= 11 is 12.1. The van der Waals surface area contributed by atoms with Crippen molar-refractivity contribution in [2.24, 2.45) is 4.99 Å². The van der Waals surface area contributed by atoms with Gasteiger partial charge in [-0.2, -0.15) is 0 Å². The molecule has 172 valence electrons. The number of aromatic nitrogens is 1. The van der Waals surface area contributed by atoms with Gasteiger partial charge in [-0.1, -0.05) is 42.3 Å². The van der Waals surface area contributed by atoms with Crippen molar-refractivity contribution < 1.29 is 14.6 Å². The number of nitrogens with zero attached hydrogens (tertiary/aromatic N) is 2. The highest BCUT2D eigenvalue weighted by Gasteiger charge is 2.34. The number of hydrogen-bond donors (Lipinski definition) is 1. The number of fused-ring (bicyclic) bond motifs is 1. The highest BCUT2D eigenvalue weighted by Crippen LogP contribution is 2.35. The van der Waals surface area contributed by atoms with E-state index in [1.807, 2.05) is 24.4 Å². The summed E-state index contributed by atoms with van der Waals surface area (Å²) in [6, 6.07) is 6.34. The van der Waals surface area contributed by atoms with Crippen molar-refractivity contribution in [1.29, 1.82) is 0 Å². The van der Waals surface area contributed by atoms with E-state index >= 15 is 0 Å². The molecule has 3 aromatic rings. The zero-order valence-corrected chi connectivity index (χ0v) is 21.8. The Bertz CT molecular complexity index is 1420. The number of phenols is 1. The van der Waals surface area contributed by atoms with Crippen molar-refractivity contribution in [2.75, 3.05) is 6.61 Å². The van der Waals surface area contributed by atoms with Crippen LogP contribution in [0, 0.1) is 0 Å². The highest BCUT2D eigenvalue weighted by molar-refractivity contribution is 9.10. The number of halogens is 2. The number of rotatable bonds is 6. The molecule has 1 atom stereocenters. The van der Waals surface area contributed by atoms with Gasteiger partial charge in [-0.3, -0.25) is 9.36 Å². The molecule has 0 radical (unpaired) electrons. The summed E-state index contributed by atoms with van der Waals surface area (Å²) < 4.78 is 7.71. The first-order valence-corrected chi connectivity index (χ1v) is 13.2. The number of carbonyl (C=O) groups is 1. The Morgan fingerprint density at radius 1 is 1.39 bits per heavy atom. The molecule has 0 unspecified atom stereocenters. The summed E-state index contributed by atoms with van der Waals surface area (Å²) in [5.41, 5.74) is 1.14. The first-order valence-electron chi connectivity index (χ1n) is 10.3. The molecule has 33 heavy (non-hydrogen) atoms. The van der Waals surface area contributed by atoms with E-state index in [2.05, 4.69) is 15.9 Å². The van der Waals surface area contributed by atoms with Crippen LogP contribution >= 0.6 is 50.2 Å². The smallest absolute Gasteiger partial charge is 0.338 e. The predicted octanol–water partition coefficient (Wildman–Crippen LogP) is 4.76. The molecule has 0 bridgehead atoms. The van der Waals surface area contributed by atoms with Gasteiger partial charge < -0.3 is 9.84 Å². The van der Waals surface area contributed by atoms with Crippen LogP contribution in [0.4, 0.5) is 0 Å². The highest BCUT2D eigenvalue weighted by atomic mass is 79.9. The molecule has 1 aliphatic heterocycles. The third-order valence-electron chi connectivity index (χ3n) is 5.05. The van der Waals surface area contributed by atoms with Gasteiger partial charge >= 0.3 is 5.97 Å². The number of thiophene rings is 1. The average Bonchev–Trinajstić information content (AvgIpc) is 3.40. The number of ether oxygens (including phenoxy) is 1. The minimum atomic E-state index is -0.622. The fourth-order valence-electron chi connectivity index (χ4n) is 3.67. The molecule has 0 fully saturated rings. The minimum absolute atomic E-state index is 0.0149. The van der Waals surface area contributed by atoms with E-state index in [9.17, 15) is 14.7 Å². The van der Waals surface area contributed by atoms with Gasteiger partial charge in [0.1, 0.15) is 11.8 Å². The number of carbonyl (C=O) groups excluding carboxylic acids is 1. The number of esters is 1. The zero-order chi connectivity index (χ0) is 23.7. The Morgan fingerprint density at radius 2 is 2.18 bits per heavy atom. The molecule has 0 saturated carbocycles. The molecule has 3 heterocycles. The van der Waals surface area contributed by atoms with Crippen molar-refractivity contribution in [3.8, 4) is 5.75 Å². The molecule has 6 nitrogen and oxygen atoms in total. The Balaban J connectivity index is 2.00. The molecule has 0 saturated heterocycles. The van der Waals surface area contributed by atoms with Gasteiger partial charge in [0.2, 0.25) is 0 Å². The van der Waals surface area contributed by atoms with Gasteiger partial charge in [-0.15, -0.1) is 11.3 Å². The number of phenolic OH excluding ortho intramolecular Hbond substituents is 1. The largest absolute Gasteiger partial charge is 0.506 e. The molecule has 0 aliphatic carbocycles. The van der Waals surface area contributed by atoms with E-state index in [0.29, 0.717) is 42.1 Å². The van der Waals surface area contributed by atoms with E-state index in [1.165, 1.54) is 22.7 Å². The number of aromatic hydroxyl groups is 1. The number of benzene rings is 1. The van der Waals surface area contributed by atoms with Crippen LogP contribution in [0.25, 0.3) is 6.08 Å². The fourth-order valence-corrected chi connectivity index (χ4v) is 6.34. The first kappa shape index (κ1) is 23.9. The summed E-state index contributed by atoms with van der Waals surface area (Å²) in [5, 5.41) is 12.8. The van der Waals surface area contributed by atoms with E-state index in [4.69, 9.17) is 21.3 Å². The standard InChI is InChI=1S/C23H20BrClN2O4S2/c1-3-6-15-18(22(30)31-4-2)19(16-7-5-8-32-16)27-21(29)17(33-23(27)26-15)10-12-9-13(25)11-14(24)20(12)28/h5,7-11,19,28H,3-4,6H2,1-2H3/b17-10-/t19-/m0/s1. The number of allylic oxidation sites excluding steroid dienone is 1. The Labute approximate surface area is 211 Å². The van der Waals surface area contributed by atoms with Crippen LogP contribution < -0.4 is 14.9 Å². The summed E-state index contributed by atoms with van der Waals surface area (Å²) in [4.78, 5) is 32.7. The molecule has 0 amide bonds. The molecule has 1 N–H and O–H groups in total. The van der Waals surface area contributed by atoms with Crippen molar-refractivity contribution in [2.45, 2.75) is 32.7 Å². The van der Waals surface area contributed by atoms with Gasteiger partial charge in [0.05, 0.1) is 26.9 Å². The van der Waals surface area contributed by atoms with Gasteiger partial charge in [-0.25, -0.2) is 9.79 Å². The van der Waals surface area contributed by atoms with Crippen LogP contribution in [0.3, 0.4) is 0 Å². The second-order valence-corrected chi connectivity index (χ2v) is 10.5. The minimum Gasteiger partial charge on any atom is -0.506 e. The molecular formula is C23H20BrClN2O4S2. The third-order valence-corrected chi connectivity index (χ3v) is 7.78. The van der Waals surface area contributed by atoms with Crippen LogP contribution in [0.15, 0.2) is 55.2 Å². The maximum atomic E-state index is 13.6. The predicted molar refractivity (Wildman–Crippen MR) is 135 cm³/mol. The van der Waals surface area contributed by atoms with Crippen LogP contribution in [-0.4, -0.2) is 22.2 Å². The van der Waals surface area contributed by atoms with Crippen LogP contribution in [-0.2, 0) is 9.53 Å². The second-order valence-electron chi connectivity index (χ2n) is 7.25. The van der Waals surface area contributed by atoms with Crippen molar-refractivity contribution in [3.05, 3.63) is 80.5 Å². The fraction of sp³-hybridized carbons (Fsp3) is 0.261. The zero-order valence-electron chi connectivity index (χ0n) is 17.8. The van der Waals surface area contributed by atoms with Crippen LogP contribution in [0.1, 0.15) is 43.2 Å². The monoisotopic (exact) mass is 566 g/mol. The van der Waals surface area contributed by atoms with Crippen molar-refractivity contribution >= 4 is 62.2 Å². The van der Waals surface area contributed by atoms with Gasteiger partial charge in [-0.05, 0) is 58.9 Å². The van der Waals surface area contributed by atoms with Crippen molar-refractivity contribution in [3.63, 3.8) is 0 Å². The van der Waals surface area contributed by atoms with Gasteiger partial charge in [0.15, 0.2) is 4.80 Å². The summed E-state index contributed by atoms with van der Waals surface area (Å²) in [6.45, 7) is 4.00. The molecule has 10 heteroatoms. The molecule has 1 aromatic carbocycles. The third kappa shape index (κ3) is 4.59. The maximum absolute atomic E-state index is 13.6. The van der Waals surface area contributed by atoms with Gasteiger partial charge in [0.25, 0.3) is 5.56 Å². The summed E-state index contributed by atoms with van der Waals surface area (Å²) in [7, 11) is 0. The quantitative estimate of drug-likeness (QED) is 0.436. The van der Waals surface area contributed by atoms with Crippen LogP contribution in [0.2, 0.25) is 5.02 Å². The lowest BCUT2D eigenvalue weighted by Crippen LogP contribution is -2.39. The van der Waals surface area contributed by atoms with E-state index in [1.54, 1.807) is 29.7 Å². The molecule has 1 aliphatic rings. The van der Waals surface area contributed by atoms with Gasteiger partial charge in [0, 0.05) is 15.5 Å². The van der Waals surface area contributed by atoms with Crippen molar-refractivity contribution in [1.82, 2.24) is 4.57 Å². The Morgan fingerprint density at radius 3 is 2.85 bits per heavy atom. The average molecular weight is 568 g/mol.